The zero-order valence-electron chi connectivity index (χ0n) is 28.9. The average molecular weight is 872 g/mol. The Hall–Kier alpha value is -4.83. The Morgan fingerprint density at radius 1 is 0.684 bits per heavy atom. The molecule has 19 heteroatoms. The van der Waals surface area contributed by atoms with Gasteiger partial charge in [0.2, 0.25) is 5.91 Å². The minimum atomic E-state index is -4.80. The van der Waals surface area contributed by atoms with E-state index in [-0.39, 0.29) is 55.1 Å². The van der Waals surface area contributed by atoms with Crippen LogP contribution < -0.4 is 5.32 Å². The standard InChI is InChI=1S/C20H13Cl2F3N2O3.C18H11Cl2F3N2O2/c1-10(28)27-9-12-4-11(2-3-16(12)18(27)29)17-8-19(30-26-17,20(23,24)25)13-5-14(21)7-15(22)6-13;19-12-4-11(5-13(20)6-12)17(18(21,22)23)7-15(25-27-17)9-1-2-14-10(3-9)8-24-16(14)26/h2-7H,8-9H2,1H3;1-6H,7-8H2,(H,24,26). The van der Waals surface area contributed by atoms with Crippen LogP contribution in [0.5, 0.6) is 0 Å². The van der Waals surface area contributed by atoms with Crippen molar-refractivity contribution in [3.63, 3.8) is 0 Å². The third kappa shape index (κ3) is 7.30. The number of fused-ring (bicyclic) bond motifs is 2. The highest BCUT2D eigenvalue weighted by molar-refractivity contribution is 6.35. The molecule has 57 heavy (non-hydrogen) atoms. The predicted octanol–water partition coefficient (Wildman–Crippen LogP) is 9.90. The smallest absolute Gasteiger partial charge is 0.374 e. The molecule has 4 aliphatic heterocycles. The lowest BCUT2D eigenvalue weighted by Gasteiger charge is -2.29. The van der Waals surface area contributed by atoms with Crippen molar-refractivity contribution in [1.29, 1.82) is 0 Å². The first-order chi connectivity index (χ1) is 26.7. The third-order valence-electron chi connectivity index (χ3n) is 9.77. The van der Waals surface area contributed by atoms with Gasteiger partial charge in [0, 0.05) is 68.7 Å². The summed E-state index contributed by atoms with van der Waals surface area (Å²) in [6, 6.07) is 16.6. The quantitative estimate of drug-likeness (QED) is 0.206. The maximum absolute atomic E-state index is 14.1. The number of nitrogens with one attached hydrogen (secondary N) is 1. The Morgan fingerprint density at radius 2 is 1.12 bits per heavy atom. The number of nitrogens with zero attached hydrogens (tertiary/aromatic N) is 3. The second-order valence-corrected chi connectivity index (χ2v) is 15.2. The molecule has 4 aliphatic rings. The largest absolute Gasteiger partial charge is 0.435 e. The van der Waals surface area contributed by atoms with Crippen LogP contribution in [0.2, 0.25) is 20.1 Å². The molecule has 0 saturated heterocycles. The van der Waals surface area contributed by atoms with E-state index >= 15 is 0 Å². The predicted molar refractivity (Wildman–Crippen MR) is 197 cm³/mol. The van der Waals surface area contributed by atoms with Crippen molar-refractivity contribution >= 4 is 75.5 Å². The summed E-state index contributed by atoms with van der Waals surface area (Å²) in [6.45, 7) is 1.65. The molecule has 8 rings (SSSR count). The molecule has 0 fully saturated rings. The molecule has 3 amide bonds. The van der Waals surface area contributed by atoms with Crippen molar-refractivity contribution in [3.05, 3.63) is 137 Å². The molecule has 1 N–H and O–H groups in total. The average Bonchev–Trinajstić information content (AvgIpc) is 3.92. The number of imide groups is 1. The number of oxime groups is 2. The highest BCUT2D eigenvalue weighted by Gasteiger charge is 2.63. The molecule has 4 aromatic carbocycles. The minimum Gasteiger partial charge on any atom is -0.374 e. The maximum Gasteiger partial charge on any atom is 0.435 e. The number of halogens is 10. The molecule has 0 aromatic heterocycles. The normalized spacial score (nSPS) is 21.1. The van der Waals surface area contributed by atoms with Gasteiger partial charge in [-0.15, -0.1) is 0 Å². The van der Waals surface area contributed by atoms with Gasteiger partial charge in [-0.25, -0.2) is 0 Å². The van der Waals surface area contributed by atoms with Gasteiger partial charge in [-0.05, 0) is 82.9 Å². The zero-order chi connectivity index (χ0) is 41.2. The number of alkyl halides is 6. The van der Waals surface area contributed by atoms with E-state index in [0.717, 1.165) is 17.0 Å². The van der Waals surface area contributed by atoms with Gasteiger partial charge in [-0.2, -0.15) is 26.3 Å². The van der Waals surface area contributed by atoms with E-state index in [4.69, 9.17) is 56.1 Å². The Bertz CT molecular complexity index is 2400. The van der Waals surface area contributed by atoms with E-state index in [0.29, 0.717) is 39.9 Å². The fourth-order valence-electron chi connectivity index (χ4n) is 6.86. The second kappa shape index (κ2) is 14.5. The van der Waals surface area contributed by atoms with Crippen molar-refractivity contribution in [3.8, 4) is 0 Å². The van der Waals surface area contributed by atoms with Crippen LogP contribution >= 0.6 is 46.4 Å². The van der Waals surface area contributed by atoms with E-state index in [9.17, 15) is 40.7 Å². The van der Waals surface area contributed by atoms with Crippen LogP contribution in [0.4, 0.5) is 26.3 Å². The van der Waals surface area contributed by atoms with E-state index < -0.39 is 48.2 Å². The van der Waals surface area contributed by atoms with Gasteiger partial charge < -0.3 is 15.0 Å². The molecule has 9 nitrogen and oxygen atoms in total. The van der Waals surface area contributed by atoms with Gasteiger partial charge in [0.1, 0.15) is 0 Å². The number of hydrogen-bond donors (Lipinski definition) is 1. The molecule has 0 spiro atoms. The van der Waals surface area contributed by atoms with Gasteiger partial charge in [-0.1, -0.05) is 68.8 Å². The van der Waals surface area contributed by atoms with Crippen molar-refractivity contribution in [2.24, 2.45) is 10.3 Å². The van der Waals surface area contributed by atoms with Crippen molar-refractivity contribution in [1.82, 2.24) is 10.2 Å². The molecule has 0 aliphatic carbocycles. The number of carbonyl (C=O) groups excluding carboxylic acids is 3. The molecule has 296 valence electrons. The summed E-state index contributed by atoms with van der Waals surface area (Å²) in [4.78, 5) is 46.5. The van der Waals surface area contributed by atoms with Gasteiger partial charge in [-0.3, -0.25) is 19.3 Å². The fourth-order valence-corrected chi connectivity index (χ4v) is 7.91. The number of hydrogen-bond acceptors (Lipinski definition) is 7. The van der Waals surface area contributed by atoms with Crippen molar-refractivity contribution < 1.29 is 50.4 Å². The Balaban J connectivity index is 0.000000175. The van der Waals surface area contributed by atoms with Crippen LogP contribution in [0.25, 0.3) is 0 Å². The van der Waals surface area contributed by atoms with Crippen LogP contribution in [0.3, 0.4) is 0 Å². The zero-order valence-corrected chi connectivity index (χ0v) is 31.9. The Morgan fingerprint density at radius 3 is 1.56 bits per heavy atom. The van der Waals surface area contributed by atoms with Gasteiger partial charge in [0.25, 0.3) is 23.0 Å². The lowest BCUT2D eigenvalue weighted by Crippen LogP contribution is -2.42. The number of amides is 3. The molecule has 0 radical (unpaired) electrons. The highest BCUT2D eigenvalue weighted by atomic mass is 35.5. The molecule has 4 aromatic rings. The van der Waals surface area contributed by atoms with E-state index in [1.54, 1.807) is 24.3 Å². The molecule has 4 heterocycles. The summed E-state index contributed by atoms with van der Waals surface area (Å²) in [5.74, 6) is -1.06. The Labute approximate surface area is 339 Å². The van der Waals surface area contributed by atoms with E-state index in [1.165, 1.54) is 43.3 Å². The van der Waals surface area contributed by atoms with Crippen LogP contribution in [0, 0.1) is 0 Å². The summed E-state index contributed by atoms with van der Waals surface area (Å²) < 4.78 is 84.2. The first-order valence-corrected chi connectivity index (χ1v) is 18.2. The molecule has 0 bridgehead atoms. The SMILES string of the molecule is CC(=O)N1Cc2cc(C3=NOC(c4cc(Cl)cc(Cl)c4)(C(F)(F)F)C3)ccc2C1=O.O=C1NCc2cc(C3=NOC(c4cc(Cl)cc(Cl)c4)(C(F)(F)F)C3)ccc21. The molecule has 0 saturated carbocycles. The summed E-state index contributed by atoms with van der Waals surface area (Å²) >= 11 is 23.6. The maximum atomic E-state index is 14.1. The number of benzene rings is 4. The van der Waals surface area contributed by atoms with Gasteiger partial charge in [0.15, 0.2) is 0 Å². The molecular formula is C38H24Cl4F6N4O5. The topological polar surface area (TPSA) is 110 Å². The number of carbonyl (C=O) groups is 3. The van der Waals surface area contributed by atoms with E-state index in [1.807, 2.05) is 0 Å². The molecule has 2 atom stereocenters. The number of rotatable bonds is 4. The Kier molecular flexibility index (Phi) is 10.3. The second-order valence-electron chi connectivity index (χ2n) is 13.4. The monoisotopic (exact) mass is 870 g/mol. The van der Waals surface area contributed by atoms with Gasteiger partial charge >= 0.3 is 12.4 Å². The van der Waals surface area contributed by atoms with E-state index in [2.05, 4.69) is 15.6 Å². The van der Waals surface area contributed by atoms with Crippen LogP contribution in [0.1, 0.15) is 73.9 Å². The lowest BCUT2D eigenvalue weighted by molar-refractivity contribution is -0.276. The first kappa shape index (κ1) is 40.4. The summed E-state index contributed by atoms with van der Waals surface area (Å²) in [5, 5.41) is 10.3. The third-order valence-corrected chi connectivity index (χ3v) is 10.6. The summed E-state index contributed by atoms with van der Waals surface area (Å²) in [7, 11) is 0. The van der Waals surface area contributed by atoms with Gasteiger partial charge in [0.05, 0.1) is 18.0 Å². The first-order valence-electron chi connectivity index (χ1n) is 16.7. The van der Waals surface area contributed by atoms with Crippen LogP contribution in [-0.4, -0.2) is 46.4 Å². The fraction of sp³-hybridized carbons (Fsp3) is 0.237. The van der Waals surface area contributed by atoms with Crippen LogP contribution in [0.15, 0.2) is 83.1 Å². The van der Waals surface area contributed by atoms with Crippen molar-refractivity contribution in [2.75, 3.05) is 0 Å². The molecule has 2 unspecified atom stereocenters. The van der Waals surface area contributed by atoms with Crippen LogP contribution in [-0.2, 0) is 38.8 Å². The van der Waals surface area contributed by atoms with Crippen molar-refractivity contribution in [2.45, 2.75) is 56.4 Å². The molecular weight excluding hydrogens is 848 g/mol. The lowest BCUT2D eigenvalue weighted by atomic mass is 9.86. The summed E-state index contributed by atoms with van der Waals surface area (Å²) in [6.07, 6.45) is -10.7. The summed E-state index contributed by atoms with van der Waals surface area (Å²) in [5.41, 5.74) is -2.81. The highest BCUT2D eigenvalue weighted by Crippen LogP contribution is 2.51. The minimum absolute atomic E-state index is 0.0403.